The molecule has 1 saturated carbocycles. The van der Waals surface area contributed by atoms with Gasteiger partial charge in [-0.05, 0) is 42.7 Å². The van der Waals surface area contributed by atoms with Crippen LogP contribution in [0.1, 0.15) is 37.7 Å². The SMILES string of the molecule is O=C(CNC(=O)C1CCCCC1)NN=Cc1ccc(O)cc1. The van der Waals surface area contributed by atoms with Gasteiger partial charge in [0, 0.05) is 5.92 Å². The van der Waals surface area contributed by atoms with Crippen LogP contribution in [0.15, 0.2) is 29.4 Å². The summed E-state index contributed by atoms with van der Waals surface area (Å²) in [5, 5.41) is 15.6. The van der Waals surface area contributed by atoms with Crippen molar-refractivity contribution in [1.82, 2.24) is 10.7 Å². The van der Waals surface area contributed by atoms with Crippen molar-refractivity contribution in [3.63, 3.8) is 0 Å². The van der Waals surface area contributed by atoms with Crippen molar-refractivity contribution in [3.8, 4) is 5.75 Å². The molecular formula is C16H21N3O3. The van der Waals surface area contributed by atoms with Crippen LogP contribution in [0.4, 0.5) is 0 Å². The van der Waals surface area contributed by atoms with E-state index in [4.69, 9.17) is 5.11 Å². The minimum absolute atomic E-state index is 0.0436. The fourth-order valence-corrected chi connectivity index (χ4v) is 2.46. The monoisotopic (exact) mass is 303 g/mol. The number of carbonyl (C=O) groups excluding carboxylic acids is 2. The van der Waals surface area contributed by atoms with Gasteiger partial charge in [0.1, 0.15) is 5.75 Å². The average Bonchev–Trinajstić information content (AvgIpc) is 2.55. The summed E-state index contributed by atoms with van der Waals surface area (Å²) >= 11 is 0. The maximum Gasteiger partial charge on any atom is 0.259 e. The molecule has 1 aliphatic rings. The maximum atomic E-state index is 11.9. The van der Waals surface area contributed by atoms with Crippen LogP contribution >= 0.6 is 0 Å². The Morgan fingerprint density at radius 1 is 1.18 bits per heavy atom. The molecule has 22 heavy (non-hydrogen) atoms. The first-order chi connectivity index (χ1) is 10.6. The Bertz CT molecular complexity index is 534. The standard InChI is InChI=1S/C16H21N3O3/c20-14-8-6-12(7-9-14)10-18-19-15(21)11-17-16(22)13-4-2-1-3-5-13/h6-10,13,20H,1-5,11H2,(H,17,22)(H,19,21). The highest BCUT2D eigenvalue weighted by molar-refractivity contribution is 5.87. The first-order valence-electron chi connectivity index (χ1n) is 7.54. The third kappa shape index (κ3) is 5.20. The van der Waals surface area contributed by atoms with Crippen molar-refractivity contribution in [2.75, 3.05) is 6.54 Å². The van der Waals surface area contributed by atoms with Gasteiger partial charge in [0.25, 0.3) is 5.91 Å². The summed E-state index contributed by atoms with van der Waals surface area (Å²) in [4.78, 5) is 23.5. The molecular weight excluding hydrogens is 282 g/mol. The van der Waals surface area contributed by atoms with Crippen molar-refractivity contribution in [2.45, 2.75) is 32.1 Å². The summed E-state index contributed by atoms with van der Waals surface area (Å²) in [6.45, 7) is -0.0672. The third-order valence-electron chi connectivity index (χ3n) is 3.70. The van der Waals surface area contributed by atoms with Gasteiger partial charge in [-0.3, -0.25) is 9.59 Å². The maximum absolute atomic E-state index is 11.9. The molecule has 1 aliphatic carbocycles. The lowest BCUT2D eigenvalue weighted by Gasteiger charge is -2.20. The van der Waals surface area contributed by atoms with Crippen LogP contribution in [-0.2, 0) is 9.59 Å². The van der Waals surface area contributed by atoms with Gasteiger partial charge in [0.15, 0.2) is 0 Å². The smallest absolute Gasteiger partial charge is 0.259 e. The molecule has 1 aromatic carbocycles. The number of nitrogens with zero attached hydrogens (tertiary/aromatic N) is 1. The van der Waals surface area contributed by atoms with Crippen LogP contribution in [0.25, 0.3) is 0 Å². The average molecular weight is 303 g/mol. The first-order valence-corrected chi connectivity index (χ1v) is 7.54. The molecule has 1 fully saturated rings. The number of benzene rings is 1. The van der Waals surface area contributed by atoms with E-state index in [0.717, 1.165) is 31.2 Å². The molecule has 0 radical (unpaired) electrons. The largest absolute Gasteiger partial charge is 0.508 e. The minimum Gasteiger partial charge on any atom is -0.508 e. The van der Waals surface area contributed by atoms with Crippen LogP contribution in [0.3, 0.4) is 0 Å². The molecule has 0 unspecified atom stereocenters. The zero-order valence-electron chi connectivity index (χ0n) is 12.4. The van der Waals surface area contributed by atoms with Gasteiger partial charge < -0.3 is 10.4 Å². The van der Waals surface area contributed by atoms with Crippen molar-refractivity contribution in [2.24, 2.45) is 11.0 Å². The Morgan fingerprint density at radius 2 is 1.86 bits per heavy atom. The van der Waals surface area contributed by atoms with Gasteiger partial charge >= 0.3 is 0 Å². The van der Waals surface area contributed by atoms with Crippen LogP contribution in [0.2, 0.25) is 0 Å². The molecule has 0 atom stereocenters. The molecule has 0 bridgehead atoms. The molecule has 0 heterocycles. The van der Waals surface area contributed by atoms with Crippen LogP contribution < -0.4 is 10.7 Å². The lowest BCUT2D eigenvalue weighted by Crippen LogP contribution is -2.38. The molecule has 1 aromatic rings. The molecule has 0 spiro atoms. The van der Waals surface area contributed by atoms with E-state index in [9.17, 15) is 9.59 Å². The van der Waals surface area contributed by atoms with Gasteiger partial charge in [0.05, 0.1) is 12.8 Å². The zero-order chi connectivity index (χ0) is 15.8. The number of rotatable bonds is 5. The summed E-state index contributed by atoms with van der Waals surface area (Å²) < 4.78 is 0. The Morgan fingerprint density at radius 3 is 2.55 bits per heavy atom. The fourth-order valence-electron chi connectivity index (χ4n) is 2.46. The van der Waals surface area contributed by atoms with E-state index in [0.29, 0.717) is 0 Å². The Kier molecular flexibility index (Phi) is 5.94. The summed E-state index contributed by atoms with van der Waals surface area (Å²) in [6.07, 6.45) is 6.65. The van der Waals surface area contributed by atoms with E-state index >= 15 is 0 Å². The van der Waals surface area contributed by atoms with Crippen LogP contribution in [0, 0.1) is 5.92 Å². The quantitative estimate of drug-likeness (QED) is 0.569. The van der Waals surface area contributed by atoms with Gasteiger partial charge in [0.2, 0.25) is 5.91 Å². The highest BCUT2D eigenvalue weighted by atomic mass is 16.3. The molecule has 0 saturated heterocycles. The fraction of sp³-hybridized carbons (Fsp3) is 0.438. The molecule has 118 valence electrons. The van der Waals surface area contributed by atoms with E-state index in [-0.39, 0.29) is 30.0 Å². The van der Waals surface area contributed by atoms with E-state index in [1.807, 2.05) is 0 Å². The number of aromatic hydroxyl groups is 1. The summed E-state index contributed by atoms with van der Waals surface area (Å²) in [6, 6.07) is 6.42. The Hall–Kier alpha value is -2.37. The van der Waals surface area contributed by atoms with Gasteiger partial charge in [-0.1, -0.05) is 19.3 Å². The predicted octanol–water partition coefficient (Wildman–Crippen LogP) is 1.54. The normalized spacial score (nSPS) is 15.6. The van der Waals surface area contributed by atoms with E-state index in [2.05, 4.69) is 15.8 Å². The third-order valence-corrected chi connectivity index (χ3v) is 3.70. The molecule has 6 nitrogen and oxygen atoms in total. The van der Waals surface area contributed by atoms with Crippen molar-refractivity contribution in [1.29, 1.82) is 0 Å². The van der Waals surface area contributed by atoms with Crippen molar-refractivity contribution >= 4 is 18.0 Å². The molecule has 0 aliphatic heterocycles. The minimum atomic E-state index is -0.362. The number of amides is 2. The summed E-state index contributed by atoms with van der Waals surface area (Å²) in [5.74, 6) is -0.190. The van der Waals surface area contributed by atoms with E-state index in [1.54, 1.807) is 12.1 Å². The number of hydrogen-bond acceptors (Lipinski definition) is 4. The van der Waals surface area contributed by atoms with E-state index in [1.165, 1.54) is 24.8 Å². The predicted molar refractivity (Wildman–Crippen MR) is 83.4 cm³/mol. The van der Waals surface area contributed by atoms with Gasteiger partial charge in [-0.25, -0.2) is 5.43 Å². The molecule has 3 N–H and O–H groups in total. The highest BCUT2D eigenvalue weighted by Crippen LogP contribution is 2.23. The van der Waals surface area contributed by atoms with Crippen LogP contribution in [0.5, 0.6) is 5.75 Å². The van der Waals surface area contributed by atoms with E-state index < -0.39 is 0 Å². The number of phenols is 1. The molecule has 2 amide bonds. The molecule has 6 heteroatoms. The second-order valence-electron chi connectivity index (χ2n) is 5.44. The lowest BCUT2D eigenvalue weighted by molar-refractivity contribution is -0.129. The number of hydrazone groups is 1. The Balaban J connectivity index is 1.69. The van der Waals surface area contributed by atoms with Crippen molar-refractivity contribution < 1.29 is 14.7 Å². The second-order valence-corrected chi connectivity index (χ2v) is 5.44. The number of phenolic OH excluding ortho intramolecular Hbond substituents is 1. The summed E-state index contributed by atoms with van der Waals surface area (Å²) in [5.41, 5.74) is 3.11. The number of carbonyl (C=O) groups is 2. The Labute approximate surface area is 129 Å². The topological polar surface area (TPSA) is 90.8 Å². The summed E-state index contributed by atoms with van der Waals surface area (Å²) in [7, 11) is 0. The second kappa shape index (κ2) is 8.17. The van der Waals surface area contributed by atoms with Crippen molar-refractivity contribution in [3.05, 3.63) is 29.8 Å². The number of nitrogens with one attached hydrogen (secondary N) is 2. The lowest BCUT2D eigenvalue weighted by atomic mass is 9.89. The zero-order valence-corrected chi connectivity index (χ0v) is 12.4. The first kappa shape index (κ1) is 16.0. The van der Waals surface area contributed by atoms with Gasteiger partial charge in [-0.15, -0.1) is 0 Å². The molecule has 0 aromatic heterocycles. The van der Waals surface area contributed by atoms with Crippen LogP contribution in [-0.4, -0.2) is 29.7 Å². The number of hydrogen-bond donors (Lipinski definition) is 3. The van der Waals surface area contributed by atoms with Gasteiger partial charge in [-0.2, -0.15) is 5.10 Å². The molecule has 2 rings (SSSR count). The highest BCUT2D eigenvalue weighted by Gasteiger charge is 2.21.